The molecule has 3 aromatic rings. The number of hydrogen-bond donors (Lipinski definition) is 1. The fourth-order valence-corrected chi connectivity index (χ4v) is 5.50. The zero-order chi connectivity index (χ0) is 22.9. The summed E-state index contributed by atoms with van der Waals surface area (Å²) in [4.78, 5) is 19.7. The Bertz CT molecular complexity index is 1170. The lowest BCUT2D eigenvalue weighted by atomic mass is 9.76. The van der Waals surface area contributed by atoms with Crippen molar-refractivity contribution >= 4 is 45.6 Å². The van der Waals surface area contributed by atoms with Gasteiger partial charge in [0.15, 0.2) is 0 Å². The van der Waals surface area contributed by atoms with Crippen LogP contribution in [0.25, 0.3) is 12.2 Å². The average Bonchev–Trinajstić information content (AvgIpc) is 2.97. The predicted molar refractivity (Wildman–Crippen MR) is 131 cm³/mol. The third kappa shape index (κ3) is 4.68. The molecule has 1 saturated heterocycles. The molecule has 1 N–H and O–H groups in total. The van der Waals surface area contributed by atoms with Crippen LogP contribution in [0.2, 0.25) is 5.02 Å². The number of aromatic nitrogens is 2. The van der Waals surface area contributed by atoms with Crippen LogP contribution in [-0.4, -0.2) is 34.1 Å². The van der Waals surface area contributed by atoms with Crippen LogP contribution in [0.5, 0.6) is 0 Å². The van der Waals surface area contributed by atoms with E-state index in [0.29, 0.717) is 12.3 Å². The highest BCUT2D eigenvalue weighted by Crippen LogP contribution is 2.43. The lowest BCUT2D eigenvalue weighted by Gasteiger charge is -2.37. The lowest BCUT2D eigenvalue weighted by Crippen LogP contribution is -2.41. The minimum Gasteiger partial charge on any atom is -0.342 e. The smallest absolute Gasteiger partial charge is 0.226 e. The van der Waals surface area contributed by atoms with Gasteiger partial charge in [0.2, 0.25) is 18.3 Å². The van der Waals surface area contributed by atoms with Gasteiger partial charge in [-0.05, 0) is 75.1 Å². The second kappa shape index (κ2) is 9.27. The number of hydrogen-bond acceptors (Lipinski definition) is 3. The normalized spacial score (nSPS) is 17.9. The number of nitrogens with zero attached hydrogens (tertiary/aromatic N) is 3. The van der Waals surface area contributed by atoms with Crippen molar-refractivity contribution in [1.82, 2.24) is 9.88 Å². The number of piperidine rings is 1. The van der Waals surface area contributed by atoms with Gasteiger partial charge in [-0.3, -0.25) is 15.0 Å². The summed E-state index contributed by atoms with van der Waals surface area (Å²) < 4.78 is 1.94. The molecule has 33 heavy (non-hydrogen) atoms. The number of fused-ring (bicyclic) bond motifs is 2. The Morgan fingerprint density at radius 2 is 1.85 bits per heavy atom. The predicted octanol–water partition coefficient (Wildman–Crippen LogP) is 5.12. The second-order valence-corrected chi connectivity index (χ2v) is 10.0. The zero-order valence-electron chi connectivity index (χ0n) is 18.0. The van der Waals surface area contributed by atoms with E-state index in [-0.39, 0.29) is 11.8 Å². The van der Waals surface area contributed by atoms with Gasteiger partial charge >= 0.3 is 0 Å². The first-order valence-electron chi connectivity index (χ1n) is 11.1. The number of benzene rings is 1. The quantitative estimate of drug-likeness (QED) is 0.381. The van der Waals surface area contributed by atoms with Gasteiger partial charge in [0, 0.05) is 51.6 Å². The highest BCUT2D eigenvalue weighted by Gasteiger charge is 2.34. The molecular weight excluding hydrogens is 502 g/mol. The van der Waals surface area contributed by atoms with E-state index in [1.54, 1.807) is 24.5 Å². The van der Waals surface area contributed by atoms with Gasteiger partial charge in [-0.15, -0.1) is 0 Å². The first kappa shape index (κ1) is 22.1. The summed E-state index contributed by atoms with van der Waals surface area (Å²) in [6.45, 7) is 1.46. The number of carbonyl (C=O) groups excluding carboxylic acids is 1. The Balaban J connectivity index is 1.37. The molecule has 7 heteroatoms. The number of rotatable bonds is 3. The molecular formula is C26H24BrClN3O2+. The molecule has 5 rings (SSSR count). The first-order valence-corrected chi connectivity index (χ1v) is 12.3. The van der Waals surface area contributed by atoms with Crippen LogP contribution < -0.4 is 4.73 Å². The zero-order valence-corrected chi connectivity index (χ0v) is 20.3. The van der Waals surface area contributed by atoms with Crippen LogP contribution in [0.15, 0.2) is 59.5 Å². The van der Waals surface area contributed by atoms with Gasteiger partial charge in [0.1, 0.15) is 0 Å². The molecule has 1 aliphatic heterocycles. The minimum absolute atomic E-state index is 0.126. The molecule has 0 spiro atoms. The summed E-state index contributed by atoms with van der Waals surface area (Å²) in [5, 5.41) is 10.1. The molecule has 5 nitrogen and oxygen atoms in total. The summed E-state index contributed by atoms with van der Waals surface area (Å²) in [7, 11) is 0. The molecule has 0 bridgehead atoms. The first-order chi connectivity index (χ1) is 16.0. The van der Waals surface area contributed by atoms with E-state index in [1.165, 1.54) is 5.56 Å². The number of pyridine rings is 2. The van der Waals surface area contributed by atoms with Gasteiger partial charge in [-0.1, -0.05) is 29.8 Å². The van der Waals surface area contributed by atoms with Crippen molar-refractivity contribution in [3.05, 3.63) is 92.4 Å². The van der Waals surface area contributed by atoms with Gasteiger partial charge in [-0.25, -0.2) is 0 Å². The molecule has 168 valence electrons. The maximum atomic E-state index is 12.9. The Kier molecular flexibility index (Phi) is 6.21. The molecule has 3 heterocycles. The number of halogens is 2. The largest absolute Gasteiger partial charge is 0.342 e. The van der Waals surface area contributed by atoms with Crippen molar-refractivity contribution in [2.24, 2.45) is 5.92 Å². The average molecular weight is 526 g/mol. The minimum atomic E-state index is 0.126. The van der Waals surface area contributed by atoms with Crippen LogP contribution in [-0.2, 0) is 11.2 Å². The van der Waals surface area contributed by atoms with Gasteiger partial charge in [0.25, 0.3) is 0 Å². The Morgan fingerprint density at radius 1 is 1.12 bits per heavy atom. The third-order valence-corrected chi connectivity index (χ3v) is 7.31. The van der Waals surface area contributed by atoms with Crippen molar-refractivity contribution in [2.45, 2.75) is 25.2 Å². The summed E-state index contributed by atoms with van der Waals surface area (Å²) in [5.41, 5.74) is 5.48. The summed E-state index contributed by atoms with van der Waals surface area (Å²) in [5.74, 6) is 0.662. The van der Waals surface area contributed by atoms with Crippen molar-refractivity contribution in [3.8, 4) is 0 Å². The summed E-state index contributed by atoms with van der Waals surface area (Å²) in [6.07, 6.45) is 11.4. The Labute approximate surface area is 206 Å². The van der Waals surface area contributed by atoms with Crippen molar-refractivity contribution < 1.29 is 14.7 Å². The van der Waals surface area contributed by atoms with E-state index in [1.807, 2.05) is 23.2 Å². The van der Waals surface area contributed by atoms with E-state index in [4.69, 9.17) is 16.6 Å². The molecule has 1 fully saturated rings. The van der Waals surface area contributed by atoms with Gasteiger partial charge in [0.05, 0.1) is 12.1 Å². The number of amides is 1. The van der Waals surface area contributed by atoms with E-state index < -0.39 is 0 Å². The highest BCUT2D eigenvalue weighted by molar-refractivity contribution is 9.10. The van der Waals surface area contributed by atoms with Gasteiger partial charge < -0.3 is 4.90 Å². The number of carbonyl (C=O) groups is 1. The standard InChI is InChI=1S/C26H24BrClN3O2/c27-21-14-20-2-1-19-15-22(28)3-4-23(19)25(26(20)29-16-21)18-7-9-30(10-8-18)24(32)13-17-5-11-31(33)12-6-17/h1-6,11-12,14-16,18,25,33H,7-10,13H2/q+1/t25-/m1/s1. The Hall–Kier alpha value is -2.70. The van der Waals surface area contributed by atoms with E-state index in [2.05, 4.69) is 40.2 Å². The molecule has 2 aromatic heterocycles. The fourth-order valence-electron chi connectivity index (χ4n) is 4.97. The molecule has 1 aromatic carbocycles. The van der Waals surface area contributed by atoms with Crippen molar-refractivity contribution in [2.75, 3.05) is 13.1 Å². The molecule has 0 radical (unpaired) electrons. The van der Waals surface area contributed by atoms with E-state index in [0.717, 1.165) is 62.5 Å². The fraction of sp³-hybridized carbons (Fsp3) is 0.269. The Morgan fingerprint density at radius 3 is 2.61 bits per heavy atom. The van der Waals surface area contributed by atoms with Crippen LogP contribution >= 0.6 is 27.5 Å². The van der Waals surface area contributed by atoms with Gasteiger partial charge in [-0.2, -0.15) is 0 Å². The SMILES string of the molecule is O=C(Cc1cc[n+](O)cc1)N1CCC([C@@H]2c3ccc(Cl)cc3C=Cc3cc(Br)cnc32)CC1. The molecule has 1 amide bonds. The second-order valence-electron chi connectivity index (χ2n) is 8.69. The molecule has 1 atom stereocenters. The molecule has 1 aliphatic carbocycles. The lowest BCUT2D eigenvalue weighted by molar-refractivity contribution is -0.904. The van der Waals surface area contributed by atoms with E-state index >= 15 is 0 Å². The molecule has 0 saturated carbocycles. The van der Waals surface area contributed by atoms with Crippen LogP contribution in [0.4, 0.5) is 0 Å². The van der Waals surface area contributed by atoms with E-state index in [9.17, 15) is 10.0 Å². The third-order valence-electron chi connectivity index (χ3n) is 6.64. The highest BCUT2D eigenvalue weighted by atomic mass is 79.9. The summed E-state index contributed by atoms with van der Waals surface area (Å²) >= 11 is 9.87. The number of likely N-dealkylation sites (tertiary alicyclic amines) is 1. The van der Waals surface area contributed by atoms with Crippen LogP contribution in [0, 0.1) is 5.92 Å². The van der Waals surface area contributed by atoms with Crippen molar-refractivity contribution in [1.29, 1.82) is 0 Å². The monoisotopic (exact) mass is 524 g/mol. The summed E-state index contributed by atoms with van der Waals surface area (Å²) in [6, 6.07) is 11.8. The van der Waals surface area contributed by atoms with Crippen molar-refractivity contribution in [3.63, 3.8) is 0 Å². The van der Waals surface area contributed by atoms with Crippen LogP contribution in [0.3, 0.4) is 0 Å². The van der Waals surface area contributed by atoms with Crippen LogP contribution in [0.1, 0.15) is 46.7 Å². The molecule has 2 aliphatic rings. The molecule has 0 unspecified atom stereocenters. The maximum Gasteiger partial charge on any atom is 0.226 e. The maximum absolute atomic E-state index is 12.9. The topological polar surface area (TPSA) is 57.3 Å².